The minimum atomic E-state index is -0.106. The Morgan fingerprint density at radius 3 is 2.96 bits per heavy atom. The van der Waals surface area contributed by atoms with Crippen molar-refractivity contribution in [2.45, 2.75) is 25.7 Å². The van der Waals surface area contributed by atoms with Crippen molar-refractivity contribution in [3.8, 4) is 5.69 Å². The summed E-state index contributed by atoms with van der Waals surface area (Å²) in [5.41, 5.74) is 1.29. The van der Waals surface area contributed by atoms with E-state index >= 15 is 0 Å². The Kier molecular flexibility index (Phi) is 5.33. The van der Waals surface area contributed by atoms with Crippen molar-refractivity contribution < 1.29 is 9.59 Å². The summed E-state index contributed by atoms with van der Waals surface area (Å²) in [6, 6.07) is 3.65. The lowest BCUT2D eigenvalue weighted by Gasteiger charge is -2.27. The topological polar surface area (TPSA) is 71.3 Å². The average molecular weight is 362 g/mol. The van der Waals surface area contributed by atoms with Crippen LogP contribution >= 0.6 is 11.6 Å². The highest BCUT2D eigenvalue weighted by atomic mass is 35.5. The van der Waals surface area contributed by atoms with Gasteiger partial charge in [0.05, 0.1) is 18.1 Å². The normalized spacial score (nSPS) is 14.6. The Hall–Kier alpha value is -2.41. The number of piperidine rings is 1. The van der Waals surface area contributed by atoms with Gasteiger partial charge in [0.25, 0.3) is 0 Å². The summed E-state index contributed by atoms with van der Waals surface area (Å²) < 4.78 is 1.59. The molecule has 0 radical (unpaired) electrons. The third kappa shape index (κ3) is 3.99. The van der Waals surface area contributed by atoms with Crippen LogP contribution in [0.15, 0.2) is 30.7 Å². The smallest absolute Gasteiger partial charge is 0.228 e. The molecule has 8 heteroatoms. The van der Waals surface area contributed by atoms with E-state index in [0.717, 1.165) is 25.1 Å². The molecule has 0 bridgehead atoms. The molecule has 1 aliphatic rings. The molecule has 1 fully saturated rings. The minimum absolute atomic E-state index is 0.106. The van der Waals surface area contributed by atoms with E-state index in [4.69, 9.17) is 11.6 Å². The minimum Gasteiger partial charge on any atom is -0.342 e. The number of rotatable bonds is 5. The Balaban J connectivity index is 1.66. The van der Waals surface area contributed by atoms with E-state index in [1.807, 2.05) is 6.07 Å². The second-order valence-corrected chi connectivity index (χ2v) is 6.36. The maximum Gasteiger partial charge on any atom is 0.228 e. The summed E-state index contributed by atoms with van der Waals surface area (Å²) in [6.07, 6.45) is 7.81. The lowest BCUT2D eigenvalue weighted by atomic mass is 10.1. The van der Waals surface area contributed by atoms with Crippen LogP contribution in [0.5, 0.6) is 0 Å². The standard InChI is InChI=1S/C17H20ClN5O2/c1-21(15(24)7-10-22-9-3-2-6-16(22)25)14-12-23(20-17(14)18)13-5-4-8-19-11-13/h4-5,8,11-12H,2-3,6-7,9-10H2,1H3. The fourth-order valence-electron chi connectivity index (χ4n) is 2.82. The van der Waals surface area contributed by atoms with Crippen molar-refractivity contribution in [3.05, 3.63) is 35.9 Å². The van der Waals surface area contributed by atoms with Gasteiger partial charge in [-0.25, -0.2) is 4.68 Å². The van der Waals surface area contributed by atoms with Crippen LogP contribution in [0.4, 0.5) is 5.69 Å². The molecule has 3 rings (SSSR count). The lowest BCUT2D eigenvalue weighted by molar-refractivity contribution is -0.133. The summed E-state index contributed by atoms with van der Waals surface area (Å²) in [5.74, 6) is 0.0233. The molecule has 2 aromatic rings. The van der Waals surface area contributed by atoms with Crippen molar-refractivity contribution in [3.63, 3.8) is 0 Å². The Morgan fingerprint density at radius 2 is 2.24 bits per heavy atom. The zero-order valence-corrected chi connectivity index (χ0v) is 14.8. The van der Waals surface area contributed by atoms with E-state index in [9.17, 15) is 9.59 Å². The first-order valence-electron chi connectivity index (χ1n) is 8.26. The molecule has 0 unspecified atom stereocenters. The van der Waals surface area contributed by atoms with Crippen molar-refractivity contribution in [2.24, 2.45) is 0 Å². The number of likely N-dealkylation sites (tertiary alicyclic amines) is 1. The fraction of sp³-hybridized carbons (Fsp3) is 0.412. The zero-order chi connectivity index (χ0) is 17.8. The van der Waals surface area contributed by atoms with E-state index in [0.29, 0.717) is 18.7 Å². The van der Waals surface area contributed by atoms with Gasteiger partial charge in [0.1, 0.15) is 5.69 Å². The summed E-state index contributed by atoms with van der Waals surface area (Å²) in [5, 5.41) is 4.47. The number of carbonyl (C=O) groups is 2. The second-order valence-electron chi connectivity index (χ2n) is 6.00. The van der Waals surface area contributed by atoms with Gasteiger partial charge in [0.2, 0.25) is 11.8 Å². The molecule has 0 aliphatic carbocycles. The van der Waals surface area contributed by atoms with E-state index in [-0.39, 0.29) is 23.4 Å². The Morgan fingerprint density at radius 1 is 1.40 bits per heavy atom. The molecule has 3 heterocycles. The summed E-state index contributed by atoms with van der Waals surface area (Å²) in [7, 11) is 1.66. The second kappa shape index (κ2) is 7.65. The molecular weight excluding hydrogens is 342 g/mol. The largest absolute Gasteiger partial charge is 0.342 e. The van der Waals surface area contributed by atoms with Gasteiger partial charge in [0, 0.05) is 39.2 Å². The van der Waals surface area contributed by atoms with Gasteiger partial charge >= 0.3 is 0 Å². The molecular formula is C17H20ClN5O2. The molecule has 7 nitrogen and oxygen atoms in total. The van der Waals surface area contributed by atoms with Crippen LogP contribution in [-0.4, -0.2) is 51.6 Å². The number of pyridine rings is 1. The van der Waals surface area contributed by atoms with Gasteiger partial charge in [-0.3, -0.25) is 14.6 Å². The lowest BCUT2D eigenvalue weighted by Crippen LogP contribution is -2.38. The van der Waals surface area contributed by atoms with Gasteiger partial charge in [-0.05, 0) is 25.0 Å². The Bertz CT molecular complexity index is 762. The summed E-state index contributed by atoms with van der Waals surface area (Å²) in [4.78, 5) is 31.6. The molecule has 2 amide bonds. The first-order chi connectivity index (χ1) is 12.1. The molecule has 0 saturated carbocycles. The molecule has 1 saturated heterocycles. The number of anilines is 1. The van der Waals surface area contributed by atoms with Crippen molar-refractivity contribution in [2.75, 3.05) is 25.0 Å². The summed E-state index contributed by atoms with van der Waals surface area (Å²) in [6.45, 7) is 1.17. The van der Waals surface area contributed by atoms with Crippen molar-refractivity contribution in [1.82, 2.24) is 19.7 Å². The highest BCUT2D eigenvalue weighted by molar-refractivity contribution is 6.32. The van der Waals surface area contributed by atoms with Crippen LogP contribution < -0.4 is 4.90 Å². The number of aromatic nitrogens is 3. The summed E-state index contributed by atoms with van der Waals surface area (Å²) >= 11 is 6.20. The van der Waals surface area contributed by atoms with Gasteiger partial charge < -0.3 is 9.80 Å². The van der Waals surface area contributed by atoms with Gasteiger partial charge in [-0.2, -0.15) is 5.10 Å². The van der Waals surface area contributed by atoms with Crippen LogP contribution in [0, 0.1) is 0 Å². The van der Waals surface area contributed by atoms with E-state index in [1.54, 1.807) is 41.3 Å². The first-order valence-corrected chi connectivity index (χ1v) is 8.64. The third-order valence-corrected chi connectivity index (χ3v) is 4.58. The van der Waals surface area contributed by atoms with Gasteiger partial charge in [-0.1, -0.05) is 11.6 Å². The monoisotopic (exact) mass is 361 g/mol. The molecule has 0 atom stereocenters. The molecule has 1 aliphatic heterocycles. The SMILES string of the molecule is CN(C(=O)CCN1CCCCC1=O)c1cn(-c2cccnc2)nc1Cl. The van der Waals surface area contributed by atoms with E-state index < -0.39 is 0 Å². The number of nitrogens with zero attached hydrogens (tertiary/aromatic N) is 5. The predicted octanol–water partition coefficient (Wildman–Crippen LogP) is 2.29. The molecule has 0 aromatic carbocycles. The number of amides is 2. The Labute approximate surface area is 151 Å². The maximum absolute atomic E-state index is 12.5. The van der Waals surface area contributed by atoms with Crippen LogP contribution in [0.1, 0.15) is 25.7 Å². The van der Waals surface area contributed by atoms with Crippen LogP contribution in [0.3, 0.4) is 0 Å². The van der Waals surface area contributed by atoms with Crippen LogP contribution in [-0.2, 0) is 9.59 Å². The van der Waals surface area contributed by atoms with Crippen molar-refractivity contribution in [1.29, 1.82) is 0 Å². The average Bonchev–Trinajstić information content (AvgIpc) is 3.02. The molecule has 0 spiro atoms. The molecule has 2 aromatic heterocycles. The van der Waals surface area contributed by atoms with E-state index in [1.165, 1.54) is 4.90 Å². The van der Waals surface area contributed by atoms with Gasteiger partial charge in [-0.15, -0.1) is 0 Å². The highest BCUT2D eigenvalue weighted by Crippen LogP contribution is 2.25. The number of hydrogen-bond donors (Lipinski definition) is 0. The molecule has 0 N–H and O–H groups in total. The predicted molar refractivity (Wildman–Crippen MR) is 94.8 cm³/mol. The van der Waals surface area contributed by atoms with Crippen LogP contribution in [0.2, 0.25) is 5.15 Å². The van der Waals surface area contributed by atoms with Gasteiger partial charge in [0.15, 0.2) is 5.15 Å². The quantitative estimate of drug-likeness (QED) is 0.819. The fourth-order valence-corrected chi connectivity index (χ4v) is 3.08. The van der Waals surface area contributed by atoms with Crippen molar-refractivity contribution >= 4 is 29.1 Å². The molecule has 132 valence electrons. The number of hydrogen-bond acceptors (Lipinski definition) is 4. The highest BCUT2D eigenvalue weighted by Gasteiger charge is 2.22. The first kappa shape index (κ1) is 17.4. The third-order valence-electron chi connectivity index (χ3n) is 4.31. The maximum atomic E-state index is 12.5. The zero-order valence-electron chi connectivity index (χ0n) is 14.1. The molecule has 25 heavy (non-hydrogen) atoms. The number of carbonyl (C=O) groups excluding carboxylic acids is 2. The van der Waals surface area contributed by atoms with E-state index in [2.05, 4.69) is 10.1 Å². The van der Waals surface area contributed by atoms with Crippen LogP contribution in [0.25, 0.3) is 5.69 Å². The number of halogens is 1.